The summed E-state index contributed by atoms with van der Waals surface area (Å²) in [5.41, 5.74) is 0. The molecule has 1 heterocycles. The highest BCUT2D eigenvalue weighted by molar-refractivity contribution is 14.0. The molecule has 1 aromatic rings. The predicted octanol–water partition coefficient (Wildman–Crippen LogP) is 2.10. The predicted molar refractivity (Wildman–Crippen MR) is 125 cm³/mol. The third-order valence-electron chi connectivity index (χ3n) is 4.52. The molecule has 0 aliphatic carbocycles. The molecule has 1 aliphatic rings. The lowest BCUT2D eigenvalue weighted by Crippen LogP contribution is -2.51. The average molecular weight is 524 g/mol. The molecule has 1 atom stereocenters. The normalized spacial score (nSPS) is 16.6. The van der Waals surface area contributed by atoms with Crippen molar-refractivity contribution < 1.29 is 9.53 Å². The van der Waals surface area contributed by atoms with E-state index in [9.17, 15) is 4.79 Å². The second-order valence-electron chi connectivity index (χ2n) is 6.68. The lowest BCUT2D eigenvalue weighted by Gasteiger charge is -2.32. The first kappa shape index (κ1) is 24.8. The molecule has 0 aromatic heterocycles. The van der Waals surface area contributed by atoms with Crippen molar-refractivity contribution in [1.29, 1.82) is 0 Å². The third-order valence-corrected chi connectivity index (χ3v) is 4.83. The van der Waals surface area contributed by atoms with Gasteiger partial charge in [-0.15, -0.1) is 24.0 Å². The fraction of sp³-hybridized carbons (Fsp3) is 0.579. The quantitative estimate of drug-likeness (QED) is 0.290. The molecule has 1 unspecified atom stereocenters. The first-order valence-corrected chi connectivity index (χ1v) is 9.71. The van der Waals surface area contributed by atoms with Crippen molar-refractivity contribution >= 4 is 47.4 Å². The van der Waals surface area contributed by atoms with E-state index in [4.69, 9.17) is 16.3 Å². The SMILES string of the molecule is CN=C(NCC(C)Oc1ccccc1Cl)NC1CCN(CC(=O)NC)CC1.I. The number of rotatable bonds is 7. The summed E-state index contributed by atoms with van der Waals surface area (Å²) >= 11 is 6.13. The Balaban J connectivity index is 0.00000392. The molecule has 0 radical (unpaired) electrons. The Hall–Kier alpha value is -1.26. The number of nitrogens with zero attached hydrogens (tertiary/aromatic N) is 2. The fourth-order valence-electron chi connectivity index (χ4n) is 2.94. The van der Waals surface area contributed by atoms with Crippen LogP contribution in [-0.4, -0.2) is 69.2 Å². The van der Waals surface area contributed by atoms with E-state index in [0.29, 0.717) is 29.9 Å². The summed E-state index contributed by atoms with van der Waals surface area (Å²) in [5, 5.41) is 10.0. The minimum Gasteiger partial charge on any atom is -0.487 e. The molecule has 1 aliphatic heterocycles. The number of likely N-dealkylation sites (N-methyl/N-ethyl adjacent to an activating group) is 1. The number of amides is 1. The van der Waals surface area contributed by atoms with Crippen LogP contribution in [0.5, 0.6) is 5.75 Å². The lowest BCUT2D eigenvalue weighted by molar-refractivity contribution is -0.122. The maximum absolute atomic E-state index is 11.5. The van der Waals surface area contributed by atoms with Crippen molar-refractivity contribution in [2.24, 2.45) is 4.99 Å². The van der Waals surface area contributed by atoms with Gasteiger partial charge in [0.15, 0.2) is 5.96 Å². The van der Waals surface area contributed by atoms with Crippen molar-refractivity contribution in [1.82, 2.24) is 20.9 Å². The van der Waals surface area contributed by atoms with E-state index in [2.05, 4.69) is 25.8 Å². The first-order chi connectivity index (χ1) is 13.0. The highest BCUT2D eigenvalue weighted by atomic mass is 127. The van der Waals surface area contributed by atoms with Gasteiger partial charge in [-0.2, -0.15) is 0 Å². The van der Waals surface area contributed by atoms with Crippen molar-refractivity contribution in [2.75, 3.05) is 40.3 Å². The molecule has 1 saturated heterocycles. The number of nitrogens with one attached hydrogen (secondary N) is 3. The van der Waals surface area contributed by atoms with Crippen LogP contribution in [-0.2, 0) is 4.79 Å². The molecule has 9 heteroatoms. The molecule has 2 rings (SSSR count). The molecule has 0 spiro atoms. The third kappa shape index (κ3) is 8.40. The van der Waals surface area contributed by atoms with Gasteiger partial charge in [-0.05, 0) is 31.9 Å². The Kier molecular flexibility index (Phi) is 11.6. The summed E-state index contributed by atoms with van der Waals surface area (Å²) < 4.78 is 5.87. The zero-order valence-corrected chi connectivity index (χ0v) is 19.8. The van der Waals surface area contributed by atoms with Gasteiger partial charge >= 0.3 is 0 Å². The van der Waals surface area contributed by atoms with E-state index in [1.807, 2.05) is 31.2 Å². The van der Waals surface area contributed by atoms with Gasteiger partial charge in [0.1, 0.15) is 11.9 Å². The smallest absolute Gasteiger partial charge is 0.233 e. The summed E-state index contributed by atoms with van der Waals surface area (Å²) in [6, 6.07) is 7.80. The van der Waals surface area contributed by atoms with Crippen LogP contribution in [0.1, 0.15) is 19.8 Å². The van der Waals surface area contributed by atoms with Crippen LogP contribution in [0.2, 0.25) is 5.02 Å². The number of benzene rings is 1. The molecule has 3 N–H and O–H groups in total. The van der Waals surface area contributed by atoms with Crippen LogP contribution >= 0.6 is 35.6 Å². The summed E-state index contributed by atoms with van der Waals surface area (Å²) in [6.07, 6.45) is 1.89. The van der Waals surface area contributed by atoms with E-state index in [-0.39, 0.29) is 36.0 Å². The zero-order chi connectivity index (χ0) is 19.6. The number of ether oxygens (including phenoxy) is 1. The van der Waals surface area contributed by atoms with Crippen molar-refractivity contribution in [2.45, 2.75) is 31.9 Å². The van der Waals surface area contributed by atoms with Crippen LogP contribution in [0, 0.1) is 0 Å². The number of hydrogen-bond donors (Lipinski definition) is 3. The summed E-state index contributed by atoms with van der Waals surface area (Å²) in [6.45, 7) is 4.86. The highest BCUT2D eigenvalue weighted by Crippen LogP contribution is 2.24. The van der Waals surface area contributed by atoms with Gasteiger partial charge in [0, 0.05) is 33.2 Å². The number of halogens is 2. The Bertz CT molecular complexity index is 639. The van der Waals surface area contributed by atoms with Crippen LogP contribution in [0.25, 0.3) is 0 Å². The Morgan fingerprint density at radius 3 is 2.64 bits per heavy atom. The number of likely N-dealkylation sites (tertiary alicyclic amines) is 1. The number of para-hydroxylation sites is 1. The van der Waals surface area contributed by atoms with Crippen LogP contribution in [0.4, 0.5) is 0 Å². The number of carbonyl (C=O) groups is 1. The first-order valence-electron chi connectivity index (χ1n) is 9.33. The molecule has 1 aromatic carbocycles. The Labute approximate surface area is 189 Å². The largest absolute Gasteiger partial charge is 0.487 e. The van der Waals surface area contributed by atoms with E-state index >= 15 is 0 Å². The Morgan fingerprint density at radius 1 is 1.36 bits per heavy atom. The molecular weight excluding hydrogens is 493 g/mol. The number of guanidine groups is 1. The van der Waals surface area contributed by atoms with Crippen molar-refractivity contribution in [3.8, 4) is 5.75 Å². The fourth-order valence-corrected chi connectivity index (χ4v) is 3.12. The van der Waals surface area contributed by atoms with Gasteiger partial charge in [-0.1, -0.05) is 23.7 Å². The van der Waals surface area contributed by atoms with Gasteiger partial charge in [0.2, 0.25) is 5.91 Å². The molecule has 28 heavy (non-hydrogen) atoms. The molecule has 158 valence electrons. The molecule has 0 bridgehead atoms. The molecule has 7 nitrogen and oxygen atoms in total. The molecule has 1 fully saturated rings. The maximum atomic E-state index is 11.5. The molecule has 0 saturated carbocycles. The number of piperidine rings is 1. The van der Waals surface area contributed by atoms with Crippen molar-refractivity contribution in [3.63, 3.8) is 0 Å². The topological polar surface area (TPSA) is 78.0 Å². The van der Waals surface area contributed by atoms with Crippen LogP contribution < -0.4 is 20.7 Å². The van der Waals surface area contributed by atoms with Gasteiger partial charge < -0.3 is 20.7 Å². The standard InChI is InChI=1S/C19H30ClN5O2.HI/c1-14(27-17-7-5-4-6-16(17)20)12-23-19(22-3)24-15-8-10-25(11-9-15)13-18(26)21-2;/h4-7,14-15H,8-13H2,1-3H3,(H,21,26)(H2,22,23,24);1H. The van der Waals surface area contributed by atoms with E-state index in [0.717, 1.165) is 31.9 Å². The van der Waals surface area contributed by atoms with Gasteiger partial charge in [-0.3, -0.25) is 14.7 Å². The average Bonchev–Trinajstić information content (AvgIpc) is 2.68. The number of aliphatic imine (C=N–C) groups is 1. The molecular formula is C19H31ClIN5O2. The summed E-state index contributed by atoms with van der Waals surface area (Å²) in [7, 11) is 3.43. The minimum atomic E-state index is -0.0575. The highest BCUT2D eigenvalue weighted by Gasteiger charge is 2.21. The maximum Gasteiger partial charge on any atom is 0.233 e. The monoisotopic (exact) mass is 523 g/mol. The second-order valence-corrected chi connectivity index (χ2v) is 7.09. The summed E-state index contributed by atoms with van der Waals surface area (Å²) in [5.74, 6) is 1.50. The Morgan fingerprint density at radius 2 is 2.04 bits per heavy atom. The van der Waals surface area contributed by atoms with Crippen LogP contribution in [0.3, 0.4) is 0 Å². The molecule has 1 amide bonds. The zero-order valence-electron chi connectivity index (χ0n) is 16.7. The van der Waals surface area contributed by atoms with Gasteiger partial charge in [0.25, 0.3) is 0 Å². The van der Waals surface area contributed by atoms with E-state index in [1.54, 1.807) is 14.1 Å². The van der Waals surface area contributed by atoms with Gasteiger partial charge in [-0.25, -0.2) is 0 Å². The van der Waals surface area contributed by atoms with Crippen LogP contribution in [0.15, 0.2) is 29.3 Å². The van der Waals surface area contributed by atoms with E-state index in [1.165, 1.54) is 0 Å². The number of hydrogen-bond acceptors (Lipinski definition) is 4. The van der Waals surface area contributed by atoms with E-state index < -0.39 is 0 Å². The minimum absolute atomic E-state index is 0. The van der Waals surface area contributed by atoms with Gasteiger partial charge in [0.05, 0.1) is 18.1 Å². The number of carbonyl (C=O) groups excluding carboxylic acids is 1. The van der Waals surface area contributed by atoms with Crippen molar-refractivity contribution in [3.05, 3.63) is 29.3 Å². The summed E-state index contributed by atoms with van der Waals surface area (Å²) in [4.78, 5) is 17.9. The second kappa shape index (κ2) is 13.1. The lowest BCUT2D eigenvalue weighted by atomic mass is 10.1.